The number of aromatic nitrogens is 2. The molecule has 1 aliphatic rings. The topological polar surface area (TPSA) is 49.2 Å². The molecule has 0 saturated heterocycles. The summed E-state index contributed by atoms with van der Waals surface area (Å²) in [4.78, 5) is 10.6. The number of aliphatic hydroxyl groups excluding tert-OH is 1. The molecule has 1 aliphatic carbocycles. The van der Waals surface area contributed by atoms with Gasteiger partial charge in [0.05, 0.1) is 6.10 Å². The van der Waals surface area contributed by atoms with Crippen LogP contribution in [-0.4, -0.2) is 34.8 Å². The average molecular weight is 207 g/mol. The highest BCUT2D eigenvalue weighted by molar-refractivity contribution is 5.49. The first kappa shape index (κ1) is 10.4. The van der Waals surface area contributed by atoms with E-state index in [1.54, 1.807) is 13.3 Å². The molecule has 1 unspecified atom stereocenters. The Balaban J connectivity index is 2.24. The highest BCUT2D eigenvalue weighted by atomic mass is 16.3. The van der Waals surface area contributed by atoms with E-state index in [9.17, 15) is 5.11 Å². The van der Waals surface area contributed by atoms with E-state index in [0.717, 1.165) is 18.7 Å². The molecule has 2 rings (SSSR count). The van der Waals surface area contributed by atoms with E-state index in [2.05, 4.69) is 9.97 Å². The van der Waals surface area contributed by atoms with Gasteiger partial charge in [-0.2, -0.15) is 0 Å². The van der Waals surface area contributed by atoms with Crippen LogP contribution < -0.4 is 4.90 Å². The minimum atomic E-state index is -0.331. The first-order valence-corrected chi connectivity index (χ1v) is 5.40. The second-order valence-corrected chi connectivity index (χ2v) is 4.21. The van der Waals surface area contributed by atoms with E-state index in [-0.39, 0.29) is 6.10 Å². The first-order valence-electron chi connectivity index (χ1n) is 5.40. The van der Waals surface area contributed by atoms with Crippen LogP contribution in [0.5, 0.6) is 0 Å². The number of hydrogen-bond acceptors (Lipinski definition) is 4. The van der Waals surface area contributed by atoms with Gasteiger partial charge in [0.2, 0.25) is 0 Å². The van der Waals surface area contributed by atoms with Crippen molar-refractivity contribution >= 4 is 5.82 Å². The Morgan fingerprint density at radius 1 is 1.47 bits per heavy atom. The largest absolute Gasteiger partial charge is 0.392 e. The fraction of sp³-hybridized carbons (Fsp3) is 0.636. The molecule has 0 aromatic carbocycles. The molecule has 1 N–H and O–H groups in total. The molecule has 0 radical (unpaired) electrons. The fourth-order valence-corrected chi connectivity index (χ4v) is 2.15. The molecule has 0 fully saturated rings. The van der Waals surface area contributed by atoms with Crippen molar-refractivity contribution < 1.29 is 5.11 Å². The normalized spacial score (nSPS) is 16.2. The number of rotatable bonds is 3. The number of aliphatic hydroxyl groups is 1. The maximum atomic E-state index is 9.35. The summed E-state index contributed by atoms with van der Waals surface area (Å²) in [7, 11) is 1.97. The maximum absolute atomic E-state index is 9.35. The van der Waals surface area contributed by atoms with E-state index in [0.29, 0.717) is 6.54 Å². The SMILES string of the molecule is CC(O)CN(C)c1ncnc2c1CCC2. The van der Waals surface area contributed by atoms with Crippen molar-refractivity contribution in [3.05, 3.63) is 17.6 Å². The monoisotopic (exact) mass is 207 g/mol. The van der Waals surface area contributed by atoms with Gasteiger partial charge in [-0.25, -0.2) is 9.97 Å². The van der Waals surface area contributed by atoms with Crippen LogP contribution in [0.1, 0.15) is 24.6 Å². The lowest BCUT2D eigenvalue weighted by Gasteiger charge is -2.21. The summed E-state index contributed by atoms with van der Waals surface area (Å²) >= 11 is 0. The molecule has 0 saturated carbocycles. The fourth-order valence-electron chi connectivity index (χ4n) is 2.15. The third kappa shape index (κ3) is 2.09. The Hall–Kier alpha value is -1.16. The lowest BCUT2D eigenvalue weighted by molar-refractivity contribution is 0.201. The number of hydrogen-bond donors (Lipinski definition) is 1. The third-order valence-electron chi connectivity index (χ3n) is 2.75. The molecule has 0 amide bonds. The van der Waals surface area contributed by atoms with Crippen LogP contribution in [0, 0.1) is 0 Å². The Morgan fingerprint density at radius 3 is 3.00 bits per heavy atom. The highest BCUT2D eigenvalue weighted by Crippen LogP contribution is 2.26. The third-order valence-corrected chi connectivity index (χ3v) is 2.75. The predicted octanol–water partition coefficient (Wildman–Crippen LogP) is 0.782. The minimum Gasteiger partial charge on any atom is -0.392 e. The molecule has 15 heavy (non-hydrogen) atoms. The number of nitrogens with zero attached hydrogens (tertiary/aromatic N) is 3. The van der Waals surface area contributed by atoms with E-state index in [1.807, 2.05) is 11.9 Å². The Bertz CT molecular complexity index is 352. The maximum Gasteiger partial charge on any atom is 0.135 e. The van der Waals surface area contributed by atoms with Crippen LogP contribution in [0.25, 0.3) is 0 Å². The van der Waals surface area contributed by atoms with Gasteiger partial charge in [0, 0.05) is 24.8 Å². The Labute approximate surface area is 90.0 Å². The van der Waals surface area contributed by atoms with Crippen LogP contribution in [0.4, 0.5) is 5.82 Å². The Kier molecular flexibility index (Phi) is 2.86. The quantitative estimate of drug-likeness (QED) is 0.796. The molecule has 1 atom stereocenters. The van der Waals surface area contributed by atoms with Crippen LogP contribution in [0.15, 0.2) is 6.33 Å². The highest BCUT2D eigenvalue weighted by Gasteiger charge is 2.19. The van der Waals surface area contributed by atoms with Crippen LogP contribution in [0.3, 0.4) is 0 Å². The van der Waals surface area contributed by atoms with E-state index >= 15 is 0 Å². The van der Waals surface area contributed by atoms with Crippen molar-refractivity contribution in [2.75, 3.05) is 18.5 Å². The predicted molar refractivity (Wildman–Crippen MR) is 59.0 cm³/mol. The van der Waals surface area contributed by atoms with Gasteiger partial charge in [-0.05, 0) is 26.2 Å². The van der Waals surface area contributed by atoms with Crippen molar-refractivity contribution in [1.82, 2.24) is 9.97 Å². The van der Waals surface area contributed by atoms with E-state index < -0.39 is 0 Å². The molecule has 1 aromatic heterocycles. The summed E-state index contributed by atoms with van der Waals surface area (Å²) in [6.45, 7) is 2.40. The van der Waals surface area contributed by atoms with Crippen molar-refractivity contribution in [3.8, 4) is 0 Å². The summed E-state index contributed by atoms with van der Waals surface area (Å²) < 4.78 is 0. The standard InChI is InChI=1S/C11H17N3O/c1-8(15)6-14(2)11-9-4-3-5-10(9)12-7-13-11/h7-8,15H,3-6H2,1-2H3. The second-order valence-electron chi connectivity index (χ2n) is 4.21. The van der Waals surface area contributed by atoms with Gasteiger partial charge in [0.15, 0.2) is 0 Å². The van der Waals surface area contributed by atoms with Gasteiger partial charge < -0.3 is 10.0 Å². The number of aryl methyl sites for hydroxylation is 1. The lowest BCUT2D eigenvalue weighted by Crippen LogP contribution is -2.28. The van der Waals surface area contributed by atoms with Gasteiger partial charge in [-0.1, -0.05) is 0 Å². The molecule has 0 aliphatic heterocycles. The van der Waals surface area contributed by atoms with Gasteiger partial charge in [-0.15, -0.1) is 0 Å². The van der Waals surface area contributed by atoms with Crippen LogP contribution >= 0.6 is 0 Å². The van der Waals surface area contributed by atoms with E-state index in [4.69, 9.17) is 0 Å². The van der Waals surface area contributed by atoms with Crippen molar-refractivity contribution in [2.24, 2.45) is 0 Å². The summed E-state index contributed by atoms with van der Waals surface area (Å²) in [6.07, 6.45) is 4.59. The molecule has 1 heterocycles. The molecule has 0 bridgehead atoms. The molecule has 4 nitrogen and oxygen atoms in total. The van der Waals surface area contributed by atoms with Crippen LogP contribution in [0.2, 0.25) is 0 Å². The molecular formula is C11H17N3O. The lowest BCUT2D eigenvalue weighted by atomic mass is 10.2. The molecule has 4 heteroatoms. The zero-order valence-corrected chi connectivity index (χ0v) is 9.27. The number of anilines is 1. The van der Waals surface area contributed by atoms with E-state index in [1.165, 1.54) is 17.7 Å². The number of likely N-dealkylation sites (N-methyl/N-ethyl adjacent to an activating group) is 1. The zero-order valence-electron chi connectivity index (χ0n) is 9.27. The van der Waals surface area contributed by atoms with Gasteiger partial charge in [-0.3, -0.25) is 0 Å². The van der Waals surface area contributed by atoms with Crippen molar-refractivity contribution in [2.45, 2.75) is 32.3 Å². The van der Waals surface area contributed by atoms with Gasteiger partial charge in [0.25, 0.3) is 0 Å². The summed E-state index contributed by atoms with van der Waals surface area (Å²) in [5, 5.41) is 9.35. The van der Waals surface area contributed by atoms with Crippen molar-refractivity contribution in [3.63, 3.8) is 0 Å². The molecule has 82 valence electrons. The minimum absolute atomic E-state index is 0.331. The zero-order chi connectivity index (χ0) is 10.8. The average Bonchev–Trinajstić information content (AvgIpc) is 2.63. The summed E-state index contributed by atoms with van der Waals surface area (Å²) in [5.41, 5.74) is 2.44. The van der Waals surface area contributed by atoms with Gasteiger partial charge >= 0.3 is 0 Å². The molecule has 1 aromatic rings. The number of fused-ring (bicyclic) bond motifs is 1. The molecular weight excluding hydrogens is 190 g/mol. The van der Waals surface area contributed by atoms with Crippen molar-refractivity contribution in [1.29, 1.82) is 0 Å². The van der Waals surface area contributed by atoms with Crippen LogP contribution in [-0.2, 0) is 12.8 Å². The summed E-state index contributed by atoms with van der Waals surface area (Å²) in [6, 6.07) is 0. The smallest absolute Gasteiger partial charge is 0.135 e. The van der Waals surface area contributed by atoms with Gasteiger partial charge in [0.1, 0.15) is 12.1 Å². The first-order chi connectivity index (χ1) is 7.18. The molecule has 0 spiro atoms. The Morgan fingerprint density at radius 2 is 2.27 bits per heavy atom. The second kappa shape index (κ2) is 4.14. The summed E-state index contributed by atoms with van der Waals surface area (Å²) in [5.74, 6) is 0.985.